The van der Waals surface area contributed by atoms with Gasteiger partial charge in [0.2, 0.25) is 0 Å². The zero-order chi connectivity index (χ0) is 9.97. The van der Waals surface area contributed by atoms with Crippen molar-refractivity contribution < 1.29 is 0 Å². The van der Waals surface area contributed by atoms with E-state index in [0.717, 1.165) is 5.69 Å². The summed E-state index contributed by atoms with van der Waals surface area (Å²) in [6.07, 6.45) is 3.69. The van der Waals surface area contributed by atoms with Crippen LogP contribution in [-0.4, -0.2) is 11.3 Å². The second kappa shape index (κ2) is 4.24. The van der Waals surface area contributed by atoms with Crippen LogP contribution in [0.4, 0.5) is 5.69 Å². The zero-order valence-corrected chi connectivity index (χ0v) is 8.96. The van der Waals surface area contributed by atoms with Crippen molar-refractivity contribution in [3.05, 3.63) is 24.3 Å². The Morgan fingerprint density at radius 1 is 1.14 bits per heavy atom. The lowest BCUT2D eigenvalue weighted by molar-refractivity contribution is 0.716. The number of thioether (sulfide) groups is 1. The summed E-state index contributed by atoms with van der Waals surface area (Å²) in [5, 5.41) is 0.596. The smallest absolute Gasteiger partial charge is 0.0314 e. The monoisotopic (exact) mass is 208 g/mol. The molecule has 1 aromatic rings. The van der Waals surface area contributed by atoms with Gasteiger partial charge in [0, 0.05) is 21.9 Å². The first-order valence-electron chi connectivity index (χ1n) is 5.03. The third kappa shape index (κ3) is 2.22. The van der Waals surface area contributed by atoms with Crippen LogP contribution in [0.3, 0.4) is 0 Å². The maximum Gasteiger partial charge on any atom is 0.0314 e. The molecule has 0 spiro atoms. The lowest BCUT2D eigenvalue weighted by atomic mass is 10.3. The van der Waals surface area contributed by atoms with Gasteiger partial charge in [0.15, 0.2) is 0 Å². The highest BCUT2D eigenvalue weighted by Crippen LogP contribution is 2.34. The van der Waals surface area contributed by atoms with E-state index < -0.39 is 0 Å². The molecule has 0 bridgehead atoms. The average Bonchev–Trinajstić information content (AvgIpc) is 2.56. The van der Waals surface area contributed by atoms with Gasteiger partial charge in [-0.1, -0.05) is 6.42 Å². The zero-order valence-electron chi connectivity index (χ0n) is 8.15. The lowest BCUT2D eigenvalue weighted by Gasteiger charge is -2.14. The van der Waals surface area contributed by atoms with Crippen LogP contribution in [0.1, 0.15) is 19.3 Å². The Kier molecular flexibility index (Phi) is 2.99. The molecule has 2 rings (SSSR count). The first-order chi connectivity index (χ1) is 6.75. The van der Waals surface area contributed by atoms with Gasteiger partial charge >= 0.3 is 0 Å². The molecule has 0 heterocycles. The van der Waals surface area contributed by atoms with Crippen LogP contribution in [0.5, 0.6) is 0 Å². The standard InChI is InChI=1S/C11H16N2S/c12-8-4-6-9(7-5-8)14-11-3-1-2-10(11)13/h4-7,10-11H,1-3,12-13H2. The average molecular weight is 208 g/mol. The molecule has 0 aromatic heterocycles. The normalized spacial score (nSPS) is 26.6. The molecule has 0 aliphatic heterocycles. The summed E-state index contributed by atoms with van der Waals surface area (Å²) in [6, 6.07) is 8.42. The maximum absolute atomic E-state index is 6.01. The van der Waals surface area contributed by atoms with Gasteiger partial charge in [-0.15, -0.1) is 11.8 Å². The SMILES string of the molecule is Nc1ccc(SC2CCCC2N)cc1. The highest BCUT2D eigenvalue weighted by atomic mass is 32.2. The van der Waals surface area contributed by atoms with Crippen LogP contribution < -0.4 is 11.5 Å². The molecule has 0 amide bonds. The molecular weight excluding hydrogens is 192 g/mol. The van der Waals surface area contributed by atoms with Crippen molar-refractivity contribution >= 4 is 17.4 Å². The number of hydrogen-bond donors (Lipinski definition) is 2. The molecule has 2 nitrogen and oxygen atoms in total. The number of nitrogen functional groups attached to an aromatic ring is 1. The fraction of sp³-hybridized carbons (Fsp3) is 0.455. The Morgan fingerprint density at radius 3 is 2.43 bits per heavy atom. The van der Waals surface area contributed by atoms with Crippen molar-refractivity contribution in [2.45, 2.75) is 35.4 Å². The summed E-state index contributed by atoms with van der Waals surface area (Å²) in [5.41, 5.74) is 12.5. The summed E-state index contributed by atoms with van der Waals surface area (Å²) >= 11 is 1.89. The number of benzene rings is 1. The molecule has 1 saturated carbocycles. The molecule has 1 aliphatic carbocycles. The van der Waals surface area contributed by atoms with E-state index >= 15 is 0 Å². The lowest BCUT2D eigenvalue weighted by Crippen LogP contribution is -2.26. The van der Waals surface area contributed by atoms with Crippen molar-refractivity contribution in [1.82, 2.24) is 0 Å². The van der Waals surface area contributed by atoms with Crippen LogP contribution in [0, 0.1) is 0 Å². The molecular formula is C11H16N2S. The molecule has 4 N–H and O–H groups in total. The summed E-state index contributed by atoms with van der Waals surface area (Å²) in [6.45, 7) is 0. The van der Waals surface area contributed by atoms with Crippen LogP contribution in [0.2, 0.25) is 0 Å². The van der Waals surface area contributed by atoms with Gasteiger partial charge in [-0.05, 0) is 37.1 Å². The Bertz CT molecular complexity index is 297. The van der Waals surface area contributed by atoms with Gasteiger partial charge in [-0.2, -0.15) is 0 Å². The van der Waals surface area contributed by atoms with Crippen LogP contribution in [0.25, 0.3) is 0 Å². The minimum atomic E-state index is 0.373. The minimum Gasteiger partial charge on any atom is -0.399 e. The first kappa shape index (κ1) is 9.87. The van der Waals surface area contributed by atoms with E-state index in [1.54, 1.807) is 0 Å². The molecule has 2 unspecified atom stereocenters. The van der Waals surface area contributed by atoms with Gasteiger partial charge in [0.1, 0.15) is 0 Å². The van der Waals surface area contributed by atoms with Crippen molar-refractivity contribution in [3.8, 4) is 0 Å². The summed E-state index contributed by atoms with van der Waals surface area (Å²) < 4.78 is 0. The molecule has 1 fully saturated rings. The third-order valence-electron chi connectivity index (χ3n) is 2.67. The quantitative estimate of drug-likeness (QED) is 0.733. The topological polar surface area (TPSA) is 52.0 Å². The van der Waals surface area contributed by atoms with Crippen LogP contribution in [0.15, 0.2) is 29.2 Å². The summed E-state index contributed by atoms with van der Waals surface area (Å²) in [7, 11) is 0. The van der Waals surface area contributed by atoms with Crippen LogP contribution in [-0.2, 0) is 0 Å². The van der Waals surface area contributed by atoms with Gasteiger partial charge in [0.25, 0.3) is 0 Å². The maximum atomic E-state index is 6.01. The number of hydrogen-bond acceptors (Lipinski definition) is 3. The van der Waals surface area contributed by atoms with E-state index in [9.17, 15) is 0 Å². The van der Waals surface area contributed by atoms with Gasteiger partial charge < -0.3 is 11.5 Å². The second-order valence-corrected chi connectivity index (χ2v) is 5.13. The Hall–Kier alpha value is -0.670. The Morgan fingerprint density at radius 2 is 1.86 bits per heavy atom. The number of rotatable bonds is 2. The highest BCUT2D eigenvalue weighted by molar-refractivity contribution is 8.00. The van der Waals surface area contributed by atoms with E-state index in [-0.39, 0.29) is 0 Å². The molecule has 1 aromatic carbocycles. The summed E-state index contributed by atoms with van der Waals surface area (Å²) in [4.78, 5) is 1.28. The van der Waals surface area contributed by atoms with E-state index in [2.05, 4.69) is 12.1 Å². The Labute approximate surface area is 89.1 Å². The molecule has 1 aliphatic rings. The van der Waals surface area contributed by atoms with Gasteiger partial charge in [0.05, 0.1) is 0 Å². The van der Waals surface area contributed by atoms with E-state index in [1.165, 1.54) is 24.2 Å². The predicted octanol–water partition coefficient (Wildman–Crippen LogP) is 2.24. The van der Waals surface area contributed by atoms with Crippen molar-refractivity contribution in [2.24, 2.45) is 5.73 Å². The van der Waals surface area contributed by atoms with Crippen molar-refractivity contribution in [3.63, 3.8) is 0 Å². The first-order valence-corrected chi connectivity index (χ1v) is 5.91. The van der Waals surface area contributed by atoms with Gasteiger partial charge in [-0.3, -0.25) is 0 Å². The number of anilines is 1. The fourth-order valence-corrected chi connectivity index (χ4v) is 3.06. The summed E-state index contributed by atoms with van der Waals surface area (Å²) in [5.74, 6) is 0. The van der Waals surface area contributed by atoms with E-state index in [0.29, 0.717) is 11.3 Å². The molecule has 0 saturated heterocycles. The second-order valence-electron chi connectivity index (χ2n) is 3.82. The highest BCUT2D eigenvalue weighted by Gasteiger charge is 2.24. The van der Waals surface area contributed by atoms with Crippen molar-refractivity contribution in [1.29, 1.82) is 0 Å². The van der Waals surface area contributed by atoms with Gasteiger partial charge in [-0.25, -0.2) is 0 Å². The predicted molar refractivity (Wildman–Crippen MR) is 62.3 cm³/mol. The molecule has 3 heteroatoms. The molecule has 76 valence electrons. The minimum absolute atomic E-state index is 0.373. The Balaban J connectivity index is 2.00. The van der Waals surface area contributed by atoms with E-state index in [4.69, 9.17) is 11.5 Å². The third-order valence-corrected chi connectivity index (χ3v) is 4.10. The van der Waals surface area contributed by atoms with Crippen LogP contribution >= 0.6 is 11.8 Å². The largest absolute Gasteiger partial charge is 0.399 e. The van der Waals surface area contributed by atoms with Crippen molar-refractivity contribution in [2.75, 3.05) is 5.73 Å². The molecule has 0 radical (unpaired) electrons. The van der Waals surface area contributed by atoms with E-state index in [1.807, 2.05) is 23.9 Å². The number of nitrogens with two attached hydrogens (primary N) is 2. The molecule has 2 atom stereocenters. The fourth-order valence-electron chi connectivity index (χ4n) is 1.82. The molecule has 14 heavy (non-hydrogen) atoms.